The van der Waals surface area contributed by atoms with Crippen molar-refractivity contribution in [3.63, 3.8) is 0 Å². The number of para-hydroxylation sites is 1. The number of nitrogens with zero attached hydrogens (tertiary/aromatic N) is 2. The fourth-order valence-electron chi connectivity index (χ4n) is 1.67. The highest BCUT2D eigenvalue weighted by Crippen LogP contribution is 2.17. The molecule has 104 valence electrons. The van der Waals surface area contributed by atoms with Crippen molar-refractivity contribution in [3.05, 3.63) is 46.2 Å². The molecule has 6 nitrogen and oxygen atoms in total. The lowest BCUT2D eigenvalue weighted by molar-refractivity contribution is 0.102. The van der Waals surface area contributed by atoms with E-state index in [-0.39, 0.29) is 5.56 Å². The maximum atomic E-state index is 12.1. The molecule has 1 aromatic heterocycles. The van der Waals surface area contributed by atoms with E-state index in [1.165, 1.54) is 23.4 Å². The number of aromatic hydroxyl groups is 1. The number of amides is 1. The van der Waals surface area contributed by atoms with Crippen molar-refractivity contribution >= 4 is 23.4 Å². The number of carbonyl (C=O) groups excluding carboxylic acids is 1. The molecule has 0 atom stereocenters. The Labute approximate surface area is 119 Å². The number of nitrogens with one attached hydrogen (secondary N) is 1. The molecule has 0 saturated heterocycles. The quantitative estimate of drug-likeness (QED) is 0.660. The van der Waals surface area contributed by atoms with Crippen molar-refractivity contribution in [3.8, 4) is 5.88 Å². The van der Waals surface area contributed by atoms with E-state index in [1.807, 2.05) is 0 Å². The van der Waals surface area contributed by atoms with Crippen LogP contribution >= 0.6 is 11.8 Å². The number of aromatic nitrogens is 2. The van der Waals surface area contributed by atoms with Gasteiger partial charge in [-0.05, 0) is 18.4 Å². The lowest BCUT2D eigenvalue weighted by Crippen LogP contribution is -2.29. The molecule has 2 aromatic rings. The SMILES string of the molecule is CSc1nc(O)c(C(=O)Nc2ccccc2)c(=O)n1C. The van der Waals surface area contributed by atoms with Gasteiger partial charge in [0.2, 0.25) is 5.88 Å². The number of benzene rings is 1. The summed E-state index contributed by atoms with van der Waals surface area (Å²) < 4.78 is 1.23. The highest BCUT2D eigenvalue weighted by Gasteiger charge is 2.20. The van der Waals surface area contributed by atoms with Crippen LogP contribution in [-0.2, 0) is 7.05 Å². The van der Waals surface area contributed by atoms with E-state index >= 15 is 0 Å². The summed E-state index contributed by atoms with van der Waals surface area (Å²) in [6.07, 6.45) is 1.73. The number of hydrogen-bond donors (Lipinski definition) is 2. The first kappa shape index (κ1) is 14.1. The number of carbonyl (C=O) groups is 1. The van der Waals surface area contributed by atoms with Crippen molar-refractivity contribution in [2.75, 3.05) is 11.6 Å². The van der Waals surface area contributed by atoms with Gasteiger partial charge in [0.1, 0.15) is 0 Å². The van der Waals surface area contributed by atoms with Crippen LogP contribution in [0.4, 0.5) is 5.69 Å². The Hall–Kier alpha value is -2.28. The maximum absolute atomic E-state index is 12.1. The monoisotopic (exact) mass is 291 g/mol. The van der Waals surface area contributed by atoms with Crippen LogP contribution in [0.5, 0.6) is 5.88 Å². The molecule has 0 aliphatic carbocycles. The first-order valence-electron chi connectivity index (χ1n) is 5.75. The number of thioether (sulfide) groups is 1. The van der Waals surface area contributed by atoms with Crippen molar-refractivity contribution in [2.24, 2.45) is 7.05 Å². The van der Waals surface area contributed by atoms with Crippen LogP contribution in [0.2, 0.25) is 0 Å². The third-order valence-corrected chi connectivity index (χ3v) is 3.40. The second kappa shape index (κ2) is 5.79. The van der Waals surface area contributed by atoms with Gasteiger partial charge in [-0.3, -0.25) is 14.2 Å². The summed E-state index contributed by atoms with van der Waals surface area (Å²) in [5, 5.41) is 12.7. The molecule has 1 heterocycles. The second-order valence-electron chi connectivity index (χ2n) is 3.98. The minimum absolute atomic E-state index is 0.337. The summed E-state index contributed by atoms with van der Waals surface area (Å²) >= 11 is 1.21. The molecule has 0 saturated carbocycles. The van der Waals surface area contributed by atoms with Crippen LogP contribution in [0, 0.1) is 0 Å². The average molecular weight is 291 g/mol. The molecular weight excluding hydrogens is 278 g/mol. The van der Waals surface area contributed by atoms with Gasteiger partial charge in [0.15, 0.2) is 10.7 Å². The molecule has 7 heteroatoms. The molecule has 0 aliphatic rings. The Balaban J connectivity index is 2.41. The Morgan fingerprint density at radius 3 is 2.60 bits per heavy atom. The van der Waals surface area contributed by atoms with Gasteiger partial charge in [0.05, 0.1) is 0 Å². The van der Waals surface area contributed by atoms with Crippen molar-refractivity contribution in [1.29, 1.82) is 0 Å². The Morgan fingerprint density at radius 2 is 2.00 bits per heavy atom. The molecule has 2 N–H and O–H groups in total. The van der Waals surface area contributed by atoms with E-state index in [2.05, 4.69) is 10.3 Å². The summed E-state index contributed by atoms with van der Waals surface area (Å²) in [6.45, 7) is 0. The summed E-state index contributed by atoms with van der Waals surface area (Å²) in [6, 6.07) is 8.68. The molecule has 0 spiro atoms. The molecule has 0 aliphatic heterocycles. The Kier molecular flexibility index (Phi) is 4.09. The minimum Gasteiger partial charge on any atom is -0.493 e. The fourth-order valence-corrected chi connectivity index (χ4v) is 2.20. The first-order valence-corrected chi connectivity index (χ1v) is 6.97. The third kappa shape index (κ3) is 2.67. The minimum atomic E-state index is -0.686. The lowest BCUT2D eigenvalue weighted by Gasteiger charge is -2.09. The molecule has 0 fully saturated rings. The van der Waals surface area contributed by atoms with Gasteiger partial charge in [0, 0.05) is 12.7 Å². The standard InChI is InChI=1S/C13H13N3O3S/c1-16-12(19)9(11(18)15-13(16)20-2)10(17)14-8-6-4-3-5-7-8/h3-7,18H,1-2H3,(H,14,17). The van der Waals surface area contributed by atoms with Gasteiger partial charge in [0.25, 0.3) is 11.5 Å². The van der Waals surface area contributed by atoms with Crippen LogP contribution in [0.1, 0.15) is 10.4 Å². The van der Waals surface area contributed by atoms with Gasteiger partial charge < -0.3 is 10.4 Å². The van der Waals surface area contributed by atoms with Crippen molar-refractivity contribution in [1.82, 2.24) is 9.55 Å². The summed E-state index contributed by atoms with van der Waals surface area (Å²) in [4.78, 5) is 28.0. The maximum Gasteiger partial charge on any atom is 0.270 e. The van der Waals surface area contributed by atoms with E-state index in [1.54, 1.807) is 36.6 Å². The first-order chi connectivity index (χ1) is 9.54. The van der Waals surface area contributed by atoms with Crippen molar-refractivity contribution < 1.29 is 9.90 Å². The van der Waals surface area contributed by atoms with E-state index in [0.29, 0.717) is 10.8 Å². The van der Waals surface area contributed by atoms with Crippen LogP contribution in [-0.4, -0.2) is 26.8 Å². The molecule has 0 bridgehead atoms. The number of hydrogen-bond acceptors (Lipinski definition) is 5. The average Bonchev–Trinajstić information content (AvgIpc) is 2.44. The number of rotatable bonds is 3. The van der Waals surface area contributed by atoms with Gasteiger partial charge >= 0.3 is 0 Å². The van der Waals surface area contributed by atoms with Gasteiger partial charge in [-0.25, -0.2) is 0 Å². The van der Waals surface area contributed by atoms with E-state index in [9.17, 15) is 14.7 Å². The normalized spacial score (nSPS) is 10.3. The highest BCUT2D eigenvalue weighted by molar-refractivity contribution is 7.98. The second-order valence-corrected chi connectivity index (χ2v) is 4.75. The number of anilines is 1. The molecule has 1 aromatic carbocycles. The van der Waals surface area contributed by atoms with Gasteiger partial charge in [-0.2, -0.15) is 4.98 Å². The zero-order valence-electron chi connectivity index (χ0n) is 11.0. The van der Waals surface area contributed by atoms with Gasteiger partial charge in [-0.15, -0.1) is 0 Å². The van der Waals surface area contributed by atoms with E-state index in [4.69, 9.17) is 0 Å². The fraction of sp³-hybridized carbons (Fsp3) is 0.154. The van der Waals surface area contributed by atoms with Crippen LogP contribution in [0.3, 0.4) is 0 Å². The molecule has 0 unspecified atom stereocenters. The molecular formula is C13H13N3O3S. The van der Waals surface area contributed by atoms with Crippen LogP contribution < -0.4 is 10.9 Å². The smallest absolute Gasteiger partial charge is 0.270 e. The molecule has 0 radical (unpaired) electrons. The molecule has 1 amide bonds. The molecule has 2 rings (SSSR count). The zero-order chi connectivity index (χ0) is 14.7. The largest absolute Gasteiger partial charge is 0.493 e. The summed E-state index contributed by atoms with van der Waals surface area (Å²) in [5.41, 5.74) is -0.419. The zero-order valence-corrected chi connectivity index (χ0v) is 11.8. The Morgan fingerprint density at radius 1 is 1.35 bits per heavy atom. The predicted octanol–water partition coefficient (Wildman–Crippen LogP) is 1.46. The Bertz CT molecular complexity index is 698. The topological polar surface area (TPSA) is 84.2 Å². The lowest BCUT2D eigenvalue weighted by atomic mass is 10.2. The van der Waals surface area contributed by atoms with Crippen molar-refractivity contribution in [2.45, 2.75) is 5.16 Å². The van der Waals surface area contributed by atoms with E-state index < -0.39 is 17.3 Å². The third-order valence-electron chi connectivity index (χ3n) is 2.67. The summed E-state index contributed by atoms with van der Waals surface area (Å²) in [7, 11) is 1.50. The highest BCUT2D eigenvalue weighted by atomic mass is 32.2. The van der Waals surface area contributed by atoms with Crippen LogP contribution in [0.25, 0.3) is 0 Å². The predicted molar refractivity (Wildman–Crippen MR) is 77.3 cm³/mol. The summed E-state index contributed by atoms with van der Waals surface area (Å²) in [5.74, 6) is -1.25. The molecule has 20 heavy (non-hydrogen) atoms. The van der Waals surface area contributed by atoms with Crippen LogP contribution in [0.15, 0.2) is 40.3 Å². The van der Waals surface area contributed by atoms with Gasteiger partial charge in [-0.1, -0.05) is 30.0 Å². The van der Waals surface area contributed by atoms with E-state index in [0.717, 1.165) is 0 Å².